The molecule has 0 amide bonds. The lowest BCUT2D eigenvalue weighted by Gasteiger charge is -2.16. The number of nitrogens with one attached hydrogen (secondary N) is 1. The molecule has 0 radical (unpaired) electrons. The predicted molar refractivity (Wildman–Crippen MR) is 82.7 cm³/mol. The standard InChI is InChI=1S/C16H19N3O3/c1-11-8-14(19-15(17-11)10-22-2)18-13(16(20)21)9-12-6-4-3-5-7-12/h3-8,13H,9-10H2,1-2H3,(H,20,21)(H,17,18,19)/t13-/m1/s1. The van der Waals surface area contributed by atoms with Gasteiger partial charge in [0.1, 0.15) is 18.5 Å². The van der Waals surface area contributed by atoms with Crippen LogP contribution in [0.1, 0.15) is 17.1 Å². The molecular formula is C16H19N3O3. The first kappa shape index (κ1) is 15.9. The first-order valence-corrected chi connectivity index (χ1v) is 6.95. The number of rotatable bonds is 7. The molecule has 1 aromatic heterocycles. The van der Waals surface area contributed by atoms with Crippen molar-refractivity contribution < 1.29 is 14.6 Å². The number of hydrogen-bond donors (Lipinski definition) is 2. The number of aromatic nitrogens is 2. The van der Waals surface area contributed by atoms with Gasteiger partial charge < -0.3 is 15.2 Å². The van der Waals surface area contributed by atoms with Crippen molar-refractivity contribution in [3.05, 3.63) is 53.5 Å². The minimum Gasteiger partial charge on any atom is -0.480 e. The summed E-state index contributed by atoms with van der Waals surface area (Å²) in [7, 11) is 1.56. The van der Waals surface area contributed by atoms with Crippen molar-refractivity contribution in [3.8, 4) is 0 Å². The highest BCUT2D eigenvalue weighted by Gasteiger charge is 2.18. The Morgan fingerprint density at radius 2 is 2.05 bits per heavy atom. The quantitative estimate of drug-likeness (QED) is 0.814. The van der Waals surface area contributed by atoms with Crippen LogP contribution in [0, 0.1) is 6.92 Å². The molecule has 0 fully saturated rings. The van der Waals surface area contributed by atoms with E-state index in [0.717, 1.165) is 11.3 Å². The van der Waals surface area contributed by atoms with Crippen LogP contribution < -0.4 is 5.32 Å². The third kappa shape index (κ3) is 4.53. The Bertz CT molecular complexity index is 632. The number of aryl methyl sites for hydroxylation is 1. The summed E-state index contributed by atoms with van der Waals surface area (Å²) in [5, 5.41) is 12.4. The fourth-order valence-corrected chi connectivity index (χ4v) is 2.13. The molecule has 6 heteroatoms. The van der Waals surface area contributed by atoms with Crippen LogP contribution in [0.5, 0.6) is 0 Å². The molecule has 0 bridgehead atoms. The van der Waals surface area contributed by atoms with E-state index >= 15 is 0 Å². The zero-order chi connectivity index (χ0) is 15.9. The minimum atomic E-state index is -0.923. The van der Waals surface area contributed by atoms with Crippen LogP contribution in [-0.4, -0.2) is 34.2 Å². The number of methoxy groups -OCH3 is 1. The molecule has 0 saturated carbocycles. The van der Waals surface area contributed by atoms with Gasteiger partial charge >= 0.3 is 5.97 Å². The summed E-state index contributed by atoms with van der Waals surface area (Å²) in [6, 6.07) is 10.4. The second-order valence-electron chi connectivity index (χ2n) is 4.97. The van der Waals surface area contributed by atoms with Gasteiger partial charge in [-0.3, -0.25) is 0 Å². The zero-order valence-electron chi connectivity index (χ0n) is 12.6. The lowest BCUT2D eigenvalue weighted by Crippen LogP contribution is -2.32. The molecule has 0 unspecified atom stereocenters. The van der Waals surface area contributed by atoms with E-state index in [1.54, 1.807) is 13.2 Å². The Morgan fingerprint density at radius 1 is 1.32 bits per heavy atom. The molecule has 2 aromatic rings. The predicted octanol–water partition coefficient (Wildman–Crippen LogP) is 2.04. The molecular weight excluding hydrogens is 282 g/mol. The molecule has 2 rings (SSSR count). The van der Waals surface area contributed by atoms with E-state index < -0.39 is 12.0 Å². The Hall–Kier alpha value is -2.47. The van der Waals surface area contributed by atoms with E-state index in [-0.39, 0.29) is 6.61 Å². The van der Waals surface area contributed by atoms with Crippen LogP contribution in [0.4, 0.5) is 5.82 Å². The second-order valence-corrected chi connectivity index (χ2v) is 4.97. The smallest absolute Gasteiger partial charge is 0.326 e. The number of carbonyl (C=O) groups is 1. The van der Waals surface area contributed by atoms with Crippen LogP contribution in [-0.2, 0) is 22.6 Å². The Labute approximate surface area is 129 Å². The van der Waals surface area contributed by atoms with E-state index in [1.165, 1.54) is 0 Å². The number of nitrogens with zero attached hydrogens (tertiary/aromatic N) is 2. The monoisotopic (exact) mass is 301 g/mol. The van der Waals surface area contributed by atoms with E-state index in [1.807, 2.05) is 37.3 Å². The Balaban J connectivity index is 2.15. The van der Waals surface area contributed by atoms with Gasteiger partial charge in [-0.05, 0) is 12.5 Å². The zero-order valence-corrected chi connectivity index (χ0v) is 12.6. The first-order valence-electron chi connectivity index (χ1n) is 6.95. The molecule has 0 spiro atoms. The van der Waals surface area contributed by atoms with Gasteiger partial charge in [0, 0.05) is 25.3 Å². The van der Waals surface area contributed by atoms with Crippen LogP contribution in [0.2, 0.25) is 0 Å². The van der Waals surface area contributed by atoms with E-state index in [2.05, 4.69) is 15.3 Å². The van der Waals surface area contributed by atoms with Crippen LogP contribution in [0.15, 0.2) is 36.4 Å². The van der Waals surface area contributed by atoms with E-state index in [4.69, 9.17) is 4.74 Å². The molecule has 116 valence electrons. The highest BCUT2D eigenvalue weighted by Crippen LogP contribution is 2.12. The molecule has 1 heterocycles. The van der Waals surface area contributed by atoms with Crippen molar-refractivity contribution in [3.63, 3.8) is 0 Å². The number of benzene rings is 1. The summed E-state index contributed by atoms with van der Waals surface area (Å²) in [5.74, 6) is 0.0881. The van der Waals surface area contributed by atoms with Gasteiger partial charge in [0.2, 0.25) is 0 Å². The van der Waals surface area contributed by atoms with Crippen LogP contribution in [0.25, 0.3) is 0 Å². The molecule has 2 N–H and O–H groups in total. The molecule has 0 aliphatic carbocycles. The average Bonchev–Trinajstić information content (AvgIpc) is 2.47. The Kier molecular flexibility index (Phi) is 5.43. The van der Waals surface area contributed by atoms with Crippen molar-refractivity contribution in [1.29, 1.82) is 0 Å². The summed E-state index contributed by atoms with van der Waals surface area (Å²) < 4.78 is 5.02. The lowest BCUT2D eigenvalue weighted by atomic mass is 10.1. The van der Waals surface area contributed by atoms with E-state index in [9.17, 15) is 9.90 Å². The van der Waals surface area contributed by atoms with Crippen LogP contribution in [0.3, 0.4) is 0 Å². The fourth-order valence-electron chi connectivity index (χ4n) is 2.13. The number of ether oxygens (including phenoxy) is 1. The normalized spacial score (nSPS) is 11.9. The van der Waals surface area contributed by atoms with Gasteiger partial charge in [0.25, 0.3) is 0 Å². The third-order valence-corrected chi connectivity index (χ3v) is 3.08. The highest BCUT2D eigenvalue weighted by atomic mass is 16.5. The second kappa shape index (κ2) is 7.51. The largest absolute Gasteiger partial charge is 0.480 e. The lowest BCUT2D eigenvalue weighted by molar-refractivity contribution is -0.137. The number of hydrogen-bond acceptors (Lipinski definition) is 5. The number of carboxylic acids is 1. The van der Waals surface area contributed by atoms with Crippen molar-refractivity contribution in [2.24, 2.45) is 0 Å². The molecule has 1 atom stereocenters. The maximum atomic E-state index is 11.5. The van der Waals surface area contributed by atoms with Crippen molar-refractivity contribution in [2.75, 3.05) is 12.4 Å². The molecule has 0 saturated heterocycles. The molecule has 0 aliphatic rings. The van der Waals surface area contributed by atoms with Gasteiger partial charge in [-0.2, -0.15) is 0 Å². The molecule has 22 heavy (non-hydrogen) atoms. The van der Waals surface area contributed by atoms with Gasteiger partial charge in [-0.15, -0.1) is 0 Å². The van der Waals surface area contributed by atoms with Gasteiger partial charge in [-0.1, -0.05) is 30.3 Å². The highest BCUT2D eigenvalue weighted by molar-refractivity contribution is 5.77. The van der Waals surface area contributed by atoms with Gasteiger partial charge in [0.05, 0.1) is 0 Å². The number of aliphatic carboxylic acids is 1. The maximum absolute atomic E-state index is 11.5. The summed E-state index contributed by atoms with van der Waals surface area (Å²) in [6.07, 6.45) is 0.374. The SMILES string of the molecule is COCc1nc(C)cc(N[C@H](Cc2ccccc2)C(=O)O)n1. The van der Waals surface area contributed by atoms with Crippen molar-refractivity contribution >= 4 is 11.8 Å². The molecule has 6 nitrogen and oxygen atoms in total. The van der Waals surface area contributed by atoms with Gasteiger partial charge in [0.15, 0.2) is 5.82 Å². The first-order chi connectivity index (χ1) is 10.6. The summed E-state index contributed by atoms with van der Waals surface area (Å²) in [6.45, 7) is 2.12. The van der Waals surface area contributed by atoms with Crippen molar-refractivity contribution in [2.45, 2.75) is 26.0 Å². The molecule has 1 aromatic carbocycles. The maximum Gasteiger partial charge on any atom is 0.326 e. The number of anilines is 1. The topological polar surface area (TPSA) is 84.3 Å². The summed E-state index contributed by atoms with van der Waals surface area (Å²) >= 11 is 0. The minimum absolute atomic E-state index is 0.285. The summed E-state index contributed by atoms with van der Waals surface area (Å²) in [5.41, 5.74) is 1.71. The summed E-state index contributed by atoms with van der Waals surface area (Å²) in [4.78, 5) is 20.0. The number of carboxylic acid groups (broad SMARTS) is 1. The van der Waals surface area contributed by atoms with Gasteiger partial charge in [-0.25, -0.2) is 14.8 Å². The van der Waals surface area contributed by atoms with E-state index in [0.29, 0.717) is 18.1 Å². The van der Waals surface area contributed by atoms with Crippen molar-refractivity contribution in [1.82, 2.24) is 9.97 Å². The third-order valence-electron chi connectivity index (χ3n) is 3.08. The average molecular weight is 301 g/mol. The fraction of sp³-hybridized carbons (Fsp3) is 0.312. The molecule has 0 aliphatic heterocycles. The Morgan fingerprint density at radius 3 is 2.68 bits per heavy atom. The van der Waals surface area contributed by atoms with Crippen LogP contribution >= 0.6 is 0 Å².